The summed E-state index contributed by atoms with van der Waals surface area (Å²) >= 11 is 1.52. The number of nitrogens with zero attached hydrogens (tertiary/aromatic N) is 2. The van der Waals surface area contributed by atoms with Crippen molar-refractivity contribution in [1.29, 1.82) is 5.26 Å². The lowest BCUT2D eigenvalue weighted by molar-refractivity contribution is 0.647. The predicted molar refractivity (Wildman–Crippen MR) is 111 cm³/mol. The first-order chi connectivity index (χ1) is 12.6. The van der Waals surface area contributed by atoms with E-state index in [4.69, 9.17) is 4.98 Å². The molecular weight excluding hydrogens is 336 g/mol. The van der Waals surface area contributed by atoms with E-state index in [1.165, 1.54) is 16.9 Å². The molecule has 0 fully saturated rings. The van der Waals surface area contributed by atoms with Crippen LogP contribution < -0.4 is 0 Å². The lowest BCUT2D eigenvalue weighted by Gasteiger charge is -2.05. The maximum absolute atomic E-state index is 9.58. The molecule has 3 heteroatoms. The minimum atomic E-state index is 0.604. The highest BCUT2D eigenvalue weighted by Crippen LogP contribution is 2.28. The van der Waals surface area contributed by atoms with Crippen molar-refractivity contribution >= 4 is 23.0 Å². The molecule has 0 radical (unpaired) electrons. The summed E-state index contributed by atoms with van der Waals surface area (Å²) in [5, 5.41) is 12.4. The molecular formula is C23H22N2S. The third-order valence-corrected chi connectivity index (χ3v) is 5.11. The average Bonchev–Trinajstić information content (AvgIpc) is 3.11. The Morgan fingerprint density at radius 1 is 1.15 bits per heavy atom. The van der Waals surface area contributed by atoms with E-state index in [1.54, 1.807) is 0 Å². The molecule has 0 unspecified atom stereocenters. The van der Waals surface area contributed by atoms with Gasteiger partial charge in [0.15, 0.2) is 0 Å². The molecule has 0 atom stereocenters. The monoisotopic (exact) mass is 358 g/mol. The van der Waals surface area contributed by atoms with E-state index in [2.05, 4.69) is 44.2 Å². The van der Waals surface area contributed by atoms with E-state index in [0.29, 0.717) is 11.5 Å². The average molecular weight is 359 g/mol. The minimum Gasteiger partial charge on any atom is -0.235 e. The molecule has 1 aromatic heterocycles. The van der Waals surface area contributed by atoms with Crippen LogP contribution in [0.25, 0.3) is 22.9 Å². The van der Waals surface area contributed by atoms with Crippen LogP contribution in [0.1, 0.15) is 35.5 Å². The van der Waals surface area contributed by atoms with Crippen molar-refractivity contribution in [3.05, 3.63) is 75.6 Å². The summed E-state index contributed by atoms with van der Waals surface area (Å²) in [6.07, 6.45) is 3.00. The van der Waals surface area contributed by atoms with Gasteiger partial charge in [0.25, 0.3) is 0 Å². The number of allylic oxidation sites excluding steroid dienone is 1. The van der Waals surface area contributed by atoms with Gasteiger partial charge in [-0.3, -0.25) is 0 Å². The zero-order chi connectivity index (χ0) is 18.5. The number of nitriles is 1. The second-order valence-corrected chi connectivity index (χ2v) is 7.72. The van der Waals surface area contributed by atoms with E-state index in [1.807, 2.05) is 42.6 Å². The van der Waals surface area contributed by atoms with Crippen LogP contribution in [0.5, 0.6) is 0 Å². The molecule has 1 heterocycles. The summed E-state index contributed by atoms with van der Waals surface area (Å²) in [6, 6.07) is 18.9. The van der Waals surface area contributed by atoms with Crippen molar-refractivity contribution in [2.45, 2.75) is 27.2 Å². The Hall–Kier alpha value is -2.70. The lowest BCUT2D eigenvalue weighted by Crippen LogP contribution is -1.93. The summed E-state index contributed by atoms with van der Waals surface area (Å²) in [5.41, 5.74) is 6.17. The van der Waals surface area contributed by atoms with Gasteiger partial charge in [-0.2, -0.15) is 5.26 Å². The van der Waals surface area contributed by atoms with Crippen LogP contribution >= 0.6 is 11.3 Å². The molecule has 0 saturated carbocycles. The molecule has 0 spiro atoms. The number of aryl methyl sites for hydroxylation is 1. The van der Waals surface area contributed by atoms with Gasteiger partial charge in [0, 0.05) is 10.9 Å². The summed E-state index contributed by atoms with van der Waals surface area (Å²) < 4.78 is 0. The Balaban J connectivity index is 1.87. The van der Waals surface area contributed by atoms with Gasteiger partial charge in [0.05, 0.1) is 11.3 Å². The van der Waals surface area contributed by atoms with Crippen LogP contribution in [0, 0.1) is 24.2 Å². The third-order valence-electron chi connectivity index (χ3n) is 4.24. The highest BCUT2D eigenvalue weighted by Gasteiger charge is 2.10. The Morgan fingerprint density at radius 2 is 1.88 bits per heavy atom. The fourth-order valence-corrected chi connectivity index (χ4v) is 3.65. The molecule has 0 N–H and O–H groups in total. The molecule has 3 aromatic rings. The van der Waals surface area contributed by atoms with Crippen LogP contribution in [0.15, 0.2) is 53.9 Å². The van der Waals surface area contributed by atoms with E-state index in [0.717, 1.165) is 33.8 Å². The zero-order valence-electron chi connectivity index (χ0n) is 15.4. The van der Waals surface area contributed by atoms with Crippen molar-refractivity contribution in [1.82, 2.24) is 4.98 Å². The second kappa shape index (κ2) is 8.12. The van der Waals surface area contributed by atoms with Gasteiger partial charge in [-0.1, -0.05) is 62.4 Å². The van der Waals surface area contributed by atoms with Crippen LogP contribution in [-0.4, -0.2) is 4.98 Å². The van der Waals surface area contributed by atoms with Crippen molar-refractivity contribution in [2.24, 2.45) is 5.92 Å². The summed E-state index contributed by atoms with van der Waals surface area (Å²) in [6.45, 7) is 6.50. The number of aromatic nitrogens is 1. The fraction of sp³-hybridized carbons (Fsp3) is 0.217. The first-order valence-electron chi connectivity index (χ1n) is 8.79. The molecule has 26 heavy (non-hydrogen) atoms. The topological polar surface area (TPSA) is 36.7 Å². The molecule has 0 bridgehead atoms. The normalized spacial score (nSPS) is 11.6. The smallest absolute Gasteiger partial charge is 0.134 e. The Labute approximate surface area is 159 Å². The van der Waals surface area contributed by atoms with Gasteiger partial charge in [-0.05, 0) is 42.0 Å². The first-order valence-corrected chi connectivity index (χ1v) is 9.67. The number of benzene rings is 2. The molecule has 2 aromatic carbocycles. The molecule has 0 aliphatic carbocycles. The van der Waals surface area contributed by atoms with Gasteiger partial charge in [-0.25, -0.2) is 4.98 Å². The maximum Gasteiger partial charge on any atom is 0.134 e. The first kappa shape index (κ1) is 18.1. The number of rotatable bonds is 5. The van der Waals surface area contributed by atoms with E-state index >= 15 is 0 Å². The largest absolute Gasteiger partial charge is 0.235 e. The van der Waals surface area contributed by atoms with E-state index in [9.17, 15) is 5.26 Å². The van der Waals surface area contributed by atoms with E-state index < -0.39 is 0 Å². The quantitative estimate of drug-likeness (QED) is 0.496. The fourth-order valence-electron chi connectivity index (χ4n) is 2.86. The standard InChI is InChI=1S/C23H22N2S/c1-16(2)12-18-8-10-19(11-9-18)22-15-26-23(25-22)21(14-24)13-20-7-5-4-6-17(20)3/h4-11,13,15-16H,12H2,1-3H3/b21-13-. The van der Waals surface area contributed by atoms with Gasteiger partial charge >= 0.3 is 0 Å². The minimum absolute atomic E-state index is 0.604. The van der Waals surface area contributed by atoms with Gasteiger partial charge in [0.1, 0.15) is 11.1 Å². The van der Waals surface area contributed by atoms with Crippen molar-refractivity contribution < 1.29 is 0 Å². The summed E-state index contributed by atoms with van der Waals surface area (Å²) in [5.74, 6) is 0.650. The zero-order valence-corrected chi connectivity index (χ0v) is 16.2. The maximum atomic E-state index is 9.58. The van der Waals surface area contributed by atoms with Crippen LogP contribution in [0.2, 0.25) is 0 Å². The number of thiazole rings is 1. The van der Waals surface area contributed by atoms with Crippen molar-refractivity contribution in [3.63, 3.8) is 0 Å². The van der Waals surface area contributed by atoms with Crippen molar-refractivity contribution in [2.75, 3.05) is 0 Å². The van der Waals surface area contributed by atoms with Gasteiger partial charge in [-0.15, -0.1) is 11.3 Å². The van der Waals surface area contributed by atoms with Crippen LogP contribution in [0.4, 0.5) is 0 Å². The van der Waals surface area contributed by atoms with E-state index in [-0.39, 0.29) is 0 Å². The predicted octanol–water partition coefficient (Wildman–Crippen LogP) is 6.38. The van der Waals surface area contributed by atoms with Gasteiger partial charge in [0.2, 0.25) is 0 Å². The van der Waals surface area contributed by atoms with Crippen LogP contribution in [-0.2, 0) is 6.42 Å². The van der Waals surface area contributed by atoms with Gasteiger partial charge < -0.3 is 0 Å². The molecule has 0 amide bonds. The van der Waals surface area contributed by atoms with Crippen molar-refractivity contribution in [3.8, 4) is 17.3 Å². The Kier molecular flexibility index (Phi) is 5.65. The highest BCUT2D eigenvalue weighted by atomic mass is 32.1. The summed E-state index contributed by atoms with van der Waals surface area (Å²) in [4.78, 5) is 4.70. The molecule has 0 aliphatic rings. The highest BCUT2D eigenvalue weighted by molar-refractivity contribution is 7.11. The molecule has 3 rings (SSSR count). The third kappa shape index (κ3) is 4.28. The Morgan fingerprint density at radius 3 is 2.54 bits per heavy atom. The molecule has 0 saturated heterocycles. The van der Waals surface area contributed by atoms with Crippen LogP contribution in [0.3, 0.4) is 0 Å². The SMILES string of the molecule is Cc1ccccc1/C=C(/C#N)c1nc(-c2ccc(CC(C)C)cc2)cs1. The number of hydrogen-bond acceptors (Lipinski definition) is 3. The lowest BCUT2D eigenvalue weighted by atomic mass is 10.0. The second-order valence-electron chi connectivity index (χ2n) is 6.86. The molecule has 2 nitrogen and oxygen atoms in total. The molecule has 0 aliphatic heterocycles. The number of hydrogen-bond donors (Lipinski definition) is 0. The Bertz CT molecular complexity index is 956. The summed E-state index contributed by atoms with van der Waals surface area (Å²) in [7, 11) is 0. The molecule has 130 valence electrons.